The summed E-state index contributed by atoms with van der Waals surface area (Å²) in [6, 6.07) is 28.7. The Hall–Kier alpha value is -5.06. The minimum Gasteiger partial charge on any atom is -0.488 e. The maximum atomic E-state index is 13.6. The Morgan fingerprint density at radius 1 is 0.917 bits per heavy atom. The van der Waals surface area contributed by atoms with Gasteiger partial charge in [0, 0.05) is 48.6 Å². The van der Waals surface area contributed by atoms with Crippen molar-refractivity contribution in [3.05, 3.63) is 102 Å². The van der Waals surface area contributed by atoms with Gasteiger partial charge in [0.1, 0.15) is 11.9 Å². The summed E-state index contributed by atoms with van der Waals surface area (Å²) in [6.07, 6.45) is -0.174. The first kappa shape index (κ1) is 32.9. The monoisotopic (exact) mass is 650 g/mol. The molecule has 2 heterocycles. The van der Waals surface area contributed by atoms with E-state index in [1.165, 1.54) is 16.7 Å². The number of carbonyl (C=O) groups excluding carboxylic acids is 2. The summed E-state index contributed by atoms with van der Waals surface area (Å²) < 4.78 is 17.4. The predicted octanol–water partition coefficient (Wildman–Crippen LogP) is 6.01. The molecule has 0 aromatic heterocycles. The zero-order valence-electron chi connectivity index (χ0n) is 27.5. The molecule has 4 aromatic carbocycles. The quantitative estimate of drug-likeness (QED) is 0.204. The van der Waals surface area contributed by atoms with Crippen LogP contribution in [0.3, 0.4) is 0 Å². The third-order valence-corrected chi connectivity index (χ3v) is 8.81. The van der Waals surface area contributed by atoms with E-state index in [1.807, 2.05) is 31.2 Å². The summed E-state index contributed by atoms with van der Waals surface area (Å²) in [5.41, 5.74) is 5.28. The van der Waals surface area contributed by atoms with Crippen LogP contribution < -0.4 is 24.8 Å². The Labute approximate surface area is 281 Å². The van der Waals surface area contributed by atoms with Crippen molar-refractivity contribution in [2.75, 3.05) is 44.2 Å². The predicted molar refractivity (Wildman–Crippen MR) is 185 cm³/mol. The topological polar surface area (TPSA) is 113 Å². The fourth-order valence-corrected chi connectivity index (χ4v) is 6.11. The summed E-state index contributed by atoms with van der Waals surface area (Å²) in [5.74, 6) is 1.66. The second kappa shape index (κ2) is 14.8. The van der Waals surface area contributed by atoms with Gasteiger partial charge >= 0.3 is 6.03 Å². The van der Waals surface area contributed by atoms with Crippen molar-refractivity contribution in [3.63, 3.8) is 0 Å². The molecule has 0 bridgehead atoms. The van der Waals surface area contributed by atoms with Crippen LogP contribution in [0.4, 0.5) is 16.2 Å². The third kappa shape index (κ3) is 7.90. The van der Waals surface area contributed by atoms with Gasteiger partial charge in [0.05, 0.1) is 19.1 Å². The number of ether oxygens (including phenoxy) is 3. The van der Waals surface area contributed by atoms with Gasteiger partial charge in [-0.1, -0.05) is 61.5 Å². The maximum absolute atomic E-state index is 13.6. The summed E-state index contributed by atoms with van der Waals surface area (Å²) in [5, 5.41) is 15.7. The summed E-state index contributed by atoms with van der Waals surface area (Å²) in [7, 11) is 2.07. The van der Waals surface area contributed by atoms with E-state index in [4.69, 9.17) is 14.2 Å². The molecule has 48 heavy (non-hydrogen) atoms. The van der Waals surface area contributed by atoms with Crippen LogP contribution in [0, 0.1) is 5.92 Å². The van der Waals surface area contributed by atoms with Gasteiger partial charge in [0.2, 0.25) is 12.7 Å². The molecule has 0 unspecified atom stereocenters. The van der Waals surface area contributed by atoms with Gasteiger partial charge in [0.15, 0.2) is 11.5 Å². The Bertz CT molecular complexity index is 1730. The highest BCUT2D eigenvalue weighted by Crippen LogP contribution is 2.34. The minimum atomic E-state index is -0.440. The average molecular weight is 651 g/mol. The van der Waals surface area contributed by atoms with Crippen molar-refractivity contribution in [2.45, 2.75) is 39.0 Å². The van der Waals surface area contributed by atoms with E-state index in [0.29, 0.717) is 47.3 Å². The molecule has 0 saturated carbocycles. The van der Waals surface area contributed by atoms with E-state index in [-0.39, 0.29) is 43.8 Å². The lowest BCUT2D eigenvalue weighted by Crippen LogP contribution is -2.47. The molecule has 0 radical (unpaired) electrons. The number of rotatable bonds is 9. The van der Waals surface area contributed by atoms with Gasteiger partial charge in [-0.2, -0.15) is 0 Å². The number of urea groups is 1. The SMILES string of the molecule is C[C@H](CO)N1C[C@H](C)[C@@H](CN(C)Cc2ccc(-c3ccccc3)cc2)Oc2ccc(NC(=O)Nc3ccc4c(c3)OCO4)cc2CC1=O. The van der Waals surface area contributed by atoms with E-state index >= 15 is 0 Å². The molecule has 2 aliphatic rings. The number of nitrogens with one attached hydrogen (secondary N) is 2. The fraction of sp³-hybridized carbons (Fsp3) is 0.316. The van der Waals surface area contributed by atoms with Crippen molar-refractivity contribution >= 4 is 23.3 Å². The first-order valence-corrected chi connectivity index (χ1v) is 16.3. The maximum Gasteiger partial charge on any atom is 0.323 e. The van der Waals surface area contributed by atoms with Crippen molar-refractivity contribution in [1.82, 2.24) is 9.80 Å². The largest absolute Gasteiger partial charge is 0.488 e. The fourth-order valence-electron chi connectivity index (χ4n) is 6.11. The number of aliphatic hydroxyl groups excluding tert-OH is 1. The number of amides is 3. The lowest BCUT2D eigenvalue weighted by molar-refractivity contribution is -0.134. The molecule has 3 N–H and O–H groups in total. The second-order valence-electron chi connectivity index (χ2n) is 12.6. The molecule has 6 rings (SSSR count). The number of anilines is 2. The molecule has 0 fully saturated rings. The highest BCUT2D eigenvalue weighted by atomic mass is 16.7. The highest BCUT2D eigenvalue weighted by Gasteiger charge is 2.31. The van der Waals surface area contributed by atoms with Gasteiger partial charge in [-0.3, -0.25) is 9.69 Å². The van der Waals surface area contributed by atoms with Crippen LogP contribution in [0.2, 0.25) is 0 Å². The number of likely N-dealkylation sites (N-methyl/N-ethyl adjacent to an activating group) is 1. The Kier molecular flexibility index (Phi) is 10.1. The van der Waals surface area contributed by atoms with Crippen molar-refractivity contribution in [3.8, 4) is 28.4 Å². The Morgan fingerprint density at radius 3 is 2.31 bits per heavy atom. The van der Waals surface area contributed by atoms with Gasteiger partial charge < -0.3 is 34.9 Å². The van der Waals surface area contributed by atoms with E-state index in [9.17, 15) is 14.7 Å². The lowest BCUT2D eigenvalue weighted by Gasteiger charge is -2.34. The Morgan fingerprint density at radius 2 is 1.58 bits per heavy atom. The molecule has 10 nitrogen and oxygen atoms in total. The number of hydrogen-bond donors (Lipinski definition) is 3. The van der Waals surface area contributed by atoms with E-state index in [1.54, 1.807) is 35.2 Å². The molecular formula is C38H42N4O6. The van der Waals surface area contributed by atoms with Gasteiger partial charge in [-0.05, 0) is 61.0 Å². The molecule has 250 valence electrons. The highest BCUT2D eigenvalue weighted by molar-refractivity contribution is 6.00. The van der Waals surface area contributed by atoms with Crippen molar-refractivity contribution < 1.29 is 28.9 Å². The molecule has 3 atom stereocenters. The van der Waals surface area contributed by atoms with Crippen molar-refractivity contribution in [2.24, 2.45) is 5.92 Å². The second-order valence-corrected chi connectivity index (χ2v) is 12.6. The van der Waals surface area contributed by atoms with Crippen LogP contribution in [0.25, 0.3) is 11.1 Å². The van der Waals surface area contributed by atoms with E-state index in [2.05, 4.69) is 65.9 Å². The Balaban J connectivity index is 1.17. The number of benzene rings is 4. The third-order valence-electron chi connectivity index (χ3n) is 8.81. The van der Waals surface area contributed by atoms with Crippen molar-refractivity contribution in [1.29, 1.82) is 0 Å². The number of hydrogen-bond acceptors (Lipinski definition) is 7. The zero-order chi connectivity index (χ0) is 33.6. The lowest BCUT2D eigenvalue weighted by atomic mass is 10.0. The van der Waals surface area contributed by atoms with Crippen LogP contribution in [0.1, 0.15) is 25.0 Å². The van der Waals surface area contributed by atoms with Crippen LogP contribution in [-0.4, -0.2) is 72.5 Å². The molecule has 0 saturated heterocycles. The number of fused-ring (bicyclic) bond motifs is 2. The zero-order valence-corrected chi connectivity index (χ0v) is 27.5. The summed E-state index contributed by atoms with van der Waals surface area (Å²) in [6.45, 7) is 5.73. The number of carbonyl (C=O) groups is 2. The van der Waals surface area contributed by atoms with Gasteiger partial charge in [-0.15, -0.1) is 0 Å². The van der Waals surface area contributed by atoms with Gasteiger partial charge in [-0.25, -0.2) is 4.79 Å². The molecular weight excluding hydrogens is 608 g/mol. The average Bonchev–Trinajstić information content (AvgIpc) is 3.57. The molecule has 0 spiro atoms. The van der Waals surface area contributed by atoms with E-state index < -0.39 is 6.03 Å². The van der Waals surface area contributed by atoms with Crippen LogP contribution in [0.5, 0.6) is 17.2 Å². The molecule has 10 heteroatoms. The minimum absolute atomic E-state index is 0.0258. The smallest absolute Gasteiger partial charge is 0.323 e. The first-order valence-electron chi connectivity index (χ1n) is 16.3. The molecule has 0 aliphatic carbocycles. The number of nitrogens with zero attached hydrogens (tertiary/aromatic N) is 2. The first-order chi connectivity index (χ1) is 23.2. The van der Waals surface area contributed by atoms with Crippen LogP contribution >= 0.6 is 0 Å². The summed E-state index contributed by atoms with van der Waals surface area (Å²) >= 11 is 0. The number of aliphatic hydroxyl groups is 1. The van der Waals surface area contributed by atoms with Crippen LogP contribution in [0.15, 0.2) is 91.0 Å². The standard InChI is InChI=1S/C38H42N4O6/c1-25-20-42(26(2)23-43)37(44)18-30-17-31(39-38(45)40-32-14-16-34-35(19-32)47-24-46-34)13-15-33(30)48-36(25)22-41(3)21-27-9-11-29(12-10-27)28-7-5-4-6-8-28/h4-17,19,25-26,36,43H,18,20-24H2,1-3H3,(H2,39,40,45)/t25-,26+,36+/m0/s1. The molecule has 4 aromatic rings. The van der Waals surface area contributed by atoms with Gasteiger partial charge in [0.25, 0.3) is 0 Å². The molecule has 2 aliphatic heterocycles. The summed E-state index contributed by atoms with van der Waals surface area (Å²) in [4.78, 5) is 30.5. The van der Waals surface area contributed by atoms with Crippen LogP contribution in [-0.2, 0) is 17.8 Å². The normalized spacial score (nSPS) is 17.9. The van der Waals surface area contributed by atoms with E-state index in [0.717, 1.165) is 6.54 Å². The molecule has 3 amide bonds.